The lowest BCUT2D eigenvalue weighted by Gasteiger charge is -2.07. The van der Waals surface area contributed by atoms with Crippen LogP contribution in [0.5, 0.6) is 0 Å². The number of allylic oxidation sites excluding steroid dienone is 3. The third kappa shape index (κ3) is 4.63. The van der Waals surface area contributed by atoms with Crippen LogP contribution in [-0.4, -0.2) is 13.1 Å². The van der Waals surface area contributed by atoms with Crippen LogP contribution >= 0.6 is 0 Å². The van der Waals surface area contributed by atoms with Gasteiger partial charge in [-0.25, -0.2) is 4.99 Å². The molecule has 2 nitrogen and oxygen atoms in total. The lowest BCUT2D eigenvalue weighted by atomic mass is 10.1. The first kappa shape index (κ1) is 13.8. The number of ether oxygens (including phenoxy) is 1. The number of hydrogen-bond donors (Lipinski definition) is 0. The van der Waals surface area contributed by atoms with Crippen molar-refractivity contribution in [2.45, 2.75) is 33.1 Å². The SMILES string of the molecule is C=N/C(=C\C=C(/C)[C@H]1C[C@@H]1CC)OC(F)(F)F. The van der Waals surface area contributed by atoms with Crippen LogP contribution in [0.3, 0.4) is 0 Å². The van der Waals surface area contributed by atoms with E-state index in [9.17, 15) is 13.2 Å². The Bertz CT molecular complexity index is 344. The van der Waals surface area contributed by atoms with Crippen LogP contribution < -0.4 is 0 Å². The lowest BCUT2D eigenvalue weighted by Crippen LogP contribution is -2.11. The van der Waals surface area contributed by atoms with E-state index in [0.29, 0.717) is 11.8 Å². The molecule has 1 rings (SSSR count). The number of rotatable bonds is 5. The Morgan fingerprint density at radius 3 is 2.53 bits per heavy atom. The van der Waals surface area contributed by atoms with Crippen LogP contribution in [0.4, 0.5) is 13.2 Å². The predicted octanol–water partition coefficient (Wildman–Crippen LogP) is 4.06. The van der Waals surface area contributed by atoms with E-state index >= 15 is 0 Å². The summed E-state index contributed by atoms with van der Waals surface area (Å²) in [5, 5.41) is 0. The van der Waals surface area contributed by atoms with Gasteiger partial charge in [0.2, 0.25) is 5.88 Å². The van der Waals surface area contributed by atoms with Crippen molar-refractivity contribution >= 4 is 6.72 Å². The van der Waals surface area contributed by atoms with Crippen molar-refractivity contribution in [3.8, 4) is 0 Å². The Labute approximate surface area is 98.9 Å². The summed E-state index contributed by atoms with van der Waals surface area (Å²) < 4.78 is 39.5. The molecule has 0 bridgehead atoms. The summed E-state index contributed by atoms with van der Waals surface area (Å²) in [4.78, 5) is 3.19. The molecule has 2 atom stereocenters. The van der Waals surface area contributed by atoms with Gasteiger partial charge in [-0.2, -0.15) is 0 Å². The molecule has 0 amide bonds. The van der Waals surface area contributed by atoms with E-state index in [1.807, 2.05) is 6.92 Å². The Balaban J connectivity index is 2.60. The molecule has 1 fully saturated rings. The number of halogens is 3. The van der Waals surface area contributed by atoms with Gasteiger partial charge in [0.05, 0.1) is 0 Å². The van der Waals surface area contributed by atoms with Crippen molar-refractivity contribution in [1.29, 1.82) is 0 Å². The Hall–Kier alpha value is -1.26. The van der Waals surface area contributed by atoms with Crippen LogP contribution in [0.2, 0.25) is 0 Å². The van der Waals surface area contributed by atoms with Gasteiger partial charge < -0.3 is 4.74 Å². The molecule has 0 radical (unpaired) electrons. The summed E-state index contributed by atoms with van der Waals surface area (Å²) in [6.45, 7) is 7.06. The molecule has 1 aliphatic carbocycles. The highest BCUT2D eigenvalue weighted by molar-refractivity contribution is 5.29. The second kappa shape index (κ2) is 5.38. The second-order valence-corrected chi connectivity index (χ2v) is 4.13. The maximum absolute atomic E-state index is 11.9. The van der Waals surface area contributed by atoms with Gasteiger partial charge in [-0.3, -0.25) is 0 Å². The zero-order valence-electron chi connectivity index (χ0n) is 9.92. The lowest BCUT2D eigenvalue weighted by molar-refractivity contribution is -0.305. The first-order valence-corrected chi connectivity index (χ1v) is 5.48. The molecule has 0 spiro atoms. The van der Waals surface area contributed by atoms with E-state index < -0.39 is 12.2 Å². The Kier molecular flexibility index (Phi) is 4.37. The molecule has 0 unspecified atom stereocenters. The van der Waals surface area contributed by atoms with Gasteiger partial charge in [0.15, 0.2) is 0 Å². The standard InChI is InChI=1S/C12H16F3NO/c1-4-9-7-10(9)8(2)5-6-11(16-3)17-12(13,14)15/h5-6,9-10H,3-4,7H2,1-2H3/b8-5+,11-6+/t9-,10+/m0/s1. The third-order valence-electron chi connectivity index (χ3n) is 2.90. The summed E-state index contributed by atoms with van der Waals surface area (Å²) in [7, 11) is 0. The van der Waals surface area contributed by atoms with Gasteiger partial charge in [0.1, 0.15) is 0 Å². The van der Waals surface area contributed by atoms with Crippen molar-refractivity contribution in [2.24, 2.45) is 16.8 Å². The van der Waals surface area contributed by atoms with E-state index in [2.05, 4.69) is 23.4 Å². The van der Waals surface area contributed by atoms with Crippen LogP contribution in [0, 0.1) is 11.8 Å². The maximum atomic E-state index is 11.9. The highest BCUT2D eigenvalue weighted by Crippen LogP contribution is 2.46. The van der Waals surface area contributed by atoms with Crippen LogP contribution in [0.1, 0.15) is 26.7 Å². The highest BCUT2D eigenvalue weighted by Gasteiger charge is 2.36. The number of alkyl halides is 3. The molecule has 0 aromatic rings. The van der Waals surface area contributed by atoms with E-state index in [-0.39, 0.29) is 0 Å². The average Bonchev–Trinajstić information content (AvgIpc) is 3.01. The van der Waals surface area contributed by atoms with Gasteiger partial charge in [-0.1, -0.05) is 25.0 Å². The molecule has 1 saturated carbocycles. The van der Waals surface area contributed by atoms with E-state index in [4.69, 9.17) is 0 Å². The van der Waals surface area contributed by atoms with E-state index in [1.165, 1.54) is 6.08 Å². The maximum Gasteiger partial charge on any atom is 0.574 e. The van der Waals surface area contributed by atoms with Crippen LogP contribution in [-0.2, 0) is 4.74 Å². The molecule has 0 aliphatic heterocycles. The van der Waals surface area contributed by atoms with Crippen molar-refractivity contribution in [2.75, 3.05) is 0 Å². The molecule has 0 N–H and O–H groups in total. The van der Waals surface area contributed by atoms with Gasteiger partial charge in [0.25, 0.3) is 0 Å². The zero-order valence-corrected chi connectivity index (χ0v) is 9.92. The van der Waals surface area contributed by atoms with Gasteiger partial charge in [-0.15, -0.1) is 13.2 Å². The van der Waals surface area contributed by atoms with Crippen molar-refractivity contribution in [3.63, 3.8) is 0 Å². The topological polar surface area (TPSA) is 21.6 Å². The van der Waals surface area contributed by atoms with Crippen LogP contribution in [0.15, 0.2) is 28.6 Å². The summed E-state index contributed by atoms with van der Waals surface area (Å²) in [6, 6.07) is 0. The fraction of sp³-hybridized carbons (Fsp3) is 0.583. The van der Waals surface area contributed by atoms with Crippen molar-refractivity contribution in [3.05, 3.63) is 23.6 Å². The van der Waals surface area contributed by atoms with Gasteiger partial charge >= 0.3 is 6.36 Å². The predicted molar refractivity (Wildman–Crippen MR) is 60.4 cm³/mol. The number of hydrogen-bond acceptors (Lipinski definition) is 2. The minimum Gasteiger partial charge on any atom is -0.388 e. The van der Waals surface area contributed by atoms with Crippen LogP contribution in [0.25, 0.3) is 0 Å². The molecule has 1 aliphatic rings. The first-order chi connectivity index (χ1) is 7.87. The molecule has 17 heavy (non-hydrogen) atoms. The molecule has 0 heterocycles. The zero-order chi connectivity index (χ0) is 13.1. The Morgan fingerprint density at radius 2 is 2.12 bits per heavy atom. The third-order valence-corrected chi connectivity index (χ3v) is 2.90. The highest BCUT2D eigenvalue weighted by atomic mass is 19.4. The fourth-order valence-corrected chi connectivity index (χ4v) is 1.82. The molecule has 0 saturated heterocycles. The number of aliphatic imine (C=N–C) groups is 1. The van der Waals surface area contributed by atoms with Gasteiger partial charge in [0, 0.05) is 6.08 Å². The molecule has 5 heteroatoms. The molecule has 96 valence electrons. The molecular weight excluding hydrogens is 231 g/mol. The monoisotopic (exact) mass is 247 g/mol. The molecule has 0 aromatic heterocycles. The Morgan fingerprint density at radius 1 is 1.47 bits per heavy atom. The number of nitrogens with zero attached hydrogens (tertiary/aromatic N) is 1. The quantitative estimate of drug-likeness (QED) is 0.408. The second-order valence-electron chi connectivity index (χ2n) is 4.13. The van der Waals surface area contributed by atoms with Crippen molar-refractivity contribution in [1.82, 2.24) is 0 Å². The molecular formula is C12H16F3NO. The summed E-state index contributed by atoms with van der Waals surface area (Å²) in [6.07, 6.45) is 0.325. The van der Waals surface area contributed by atoms with Gasteiger partial charge in [-0.05, 0) is 31.9 Å². The summed E-state index contributed by atoms with van der Waals surface area (Å²) in [5.74, 6) is 0.641. The normalized spacial score (nSPS) is 25.7. The van der Waals surface area contributed by atoms with E-state index in [0.717, 1.165) is 18.4 Å². The minimum absolute atomic E-state index is 0.494. The average molecular weight is 247 g/mol. The molecule has 0 aromatic carbocycles. The van der Waals surface area contributed by atoms with E-state index in [1.54, 1.807) is 6.08 Å². The first-order valence-electron chi connectivity index (χ1n) is 5.48. The smallest absolute Gasteiger partial charge is 0.388 e. The summed E-state index contributed by atoms with van der Waals surface area (Å²) >= 11 is 0. The summed E-state index contributed by atoms with van der Waals surface area (Å²) in [5.41, 5.74) is 1.06. The van der Waals surface area contributed by atoms with Crippen molar-refractivity contribution < 1.29 is 17.9 Å². The largest absolute Gasteiger partial charge is 0.574 e. The minimum atomic E-state index is -4.72. The fourth-order valence-electron chi connectivity index (χ4n) is 1.82.